The Bertz CT molecular complexity index is 1750. The SMILES string of the molecule is CC/C=C\C/C=C\C/C=C\C/C=C\C/C=C\C/C=C\C/C=C\C/C=C\CCCCCCCCC(=O)OCC(COC(=O)CCCCCCCCC)OC(=O)CC/C=C\C/C=C\C/C=C\C/C=C\C/C=C\C/C=C\CC. The van der Waals surface area contributed by atoms with Crippen LogP contribution in [0.15, 0.2) is 170 Å². The van der Waals surface area contributed by atoms with Gasteiger partial charge in [0.25, 0.3) is 0 Å². The van der Waals surface area contributed by atoms with Gasteiger partial charge in [0.15, 0.2) is 6.10 Å². The van der Waals surface area contributed by atoms with Gasteiger partial charge < -0.3 is 14.2 Å². The highest BCUT2D eigenvalue weighted by Crippen LogP contribution is 2.12. The van der Waals surface area contributed by atoms with E-state index in [1.807, 2.05) is 12.2 Å². The van der Waals surface area contributed by atoms with Crippen LogP contribution in [0.2, 0.25) is 0 Å². The largest absolute Gasteiger partial charge is 0.462 e. The number of unbranched alkanes of at least 4 members (excludes halogenated alkanes) is 12. The highest BCUT2D eigenvalue weighted by atomic mass is 16.6. The molecule has 0 aromatic rings. The summed E-state index contributed by atoms with van der Waals surface area (Å²) < 4.78 is 16.7. The van der Waals surface area contributed by atoms with Gasteiger partial charge in [-0.1, -0.05) is 255 Å². The van der Waals surface area contributed by atoms with Crippen LogP contribution in [-0.2, 0) is 28.6 Å². The molecule has 0 saturated heterocycles. The number of hydrogen-bond acceptors (Lipinski definition) is 6. The minimum atomic E-state index is -0.830. The molecule has 0 rings (SSSR count). The van der Waals surface area contributed by atoms with Crippen LogP contribution < -0.4 is 0 Å². The Balaban J connectivity index is 4.32. The van der Waals surface area contributed by atoms with Crippen molar-refractivity contribution in [1.29, 1.82) is 0 Å². The molecule has 0 fully saturated rings. The lowest BCUT2D eigenvalue weighted by Gasteiger charge is -2.18. The summed E-state index contributed by atoms with van der Waals surface area (Å²) in [5.41, 5.74) is 0. The molecule has 1 unspecified atom stereocenters. The second-order valence-corrected chi connectivity index (χ2v) is 18.8. The van der Waals surface area contributed by atoms with Crippen LogP contribution in [0.1, 0.15) is 226 Å². The van der Waals surface area contributed by atoms with Crippen molar-refractivity contribution in [2.75, 3.05) is 13.2 Å². The molecule has 0 saturated carbocycles. The molecule has 0 aliphatic rings. The standard InChI is InChI=1S/C69H106O6/c1-4-7-10-13-16-18-20-22-24-26-28-29-30-31-32-33-34-35-36-37-38-39-41-42-44-46-48-50-53-56-59-62-68(71)74-65-66(64-73-67(70)61-58-55-52-15-12-9-6-3)75-69(72)63-60-57-54-51-49-47-45-43-40-27-25-23-21-19-17-14-11-8-5-2/h7-8,10-11,16-19,22-25,28-29,31-32,34-35,37-38,40-43,47,49,54,57,66H,4-6,9,12-15,20-21,26-27,30,33,36,39,44-46,48,50-53,55-56,58-65H2,1-3H3/b10-7-,11-8-,18-16-,19-17-,24-22-,25-23-,29-28-,32-31-,35-34-,38-37-,42-41-,43-40-,49-47-,57-54-. The second kappa shape index (κ2) is 61.3. The number of esters is 3. The van der Waals surface area contributed by atoms with Gasteiger partial charge in [-0.2, -0.15) is 0 Å². The Morgan fingerprint density at radius 3 is 0.867 bits per heavy atom. The maximum atomic E-state index is 12.8. The first-order valence-electron chi connectivity index (χ1n) is 29.6. The zero-order valence-corrected chi connectivity index (χ0v) is 47.7. The van der Waals surface area contributed by atoms with Crippen LogP contribution >= 0.6 is 0 Å². The van der Waals surface area contributed by atoms with Gasteiger partial charge in [-0.3, -0.25) is 14.4 Å². The molecule has 418 valence electrons. The average Bonchev–Trinajstić information content (AvgIpc) is 3.41. The van der Waals surface area contributed by atoms with E-state index in [0.29, 0.717) is 19.3 Å². The Morgan fingerprint density at radius 2 is 0.547 bits per heavy atom. The molecule has 0 amide bonds. The lowest BCUT2D eigenvalue weighted by atomic mass is 10.1. The quantitative estimate of drug-likeness (QED) is 0.0261. The molecule has 0 aromatic carbocycles. The molecule has 75 heavy (non-hydrogen) atoms. The Labute approximate surface area is 460 Å². The molecule has 0 N–H and O–H groups in total. The number of carbonyl (C=O) groups excluding carboxylic acids is 3. The van der Waals surface area contributed by atoms with E-state index in [1.165, 1.54) is 38.5 Å². The van der Waals surface area contributed by atoms with E-state index in [1.54, 1.807) is 0 Å². The van der Waals surface area contributed by atoms with E-state index in [2.05, 4.69) is 179 Å². The van der Waals surface area contributed by atoms with Gasteiger partial charge in [0, 0.05) is 19.3 Å². The summed E-state index contributed by atoms with van der Waals surface area (Å²) in [6.07, 6.45) is 91.0. The predicted octanol–water partition coefficient (Wildman–Crippen LogP) is 20.3. The molecule has 0 heterocycles. The smallest absolute Gasteiger partial charge is 0.306 e. The Morgan fingerprint density at radius 1 is 0.280 bits per heavy atom. The molecule has 6 heteroatoms. The molecule has 6 nitrogen and oxygen atoms in total. The van der Waals surface area contributed by atoms with Crippen LogP contribution in [0.4, 0.5) is 0 Å². The van der Waals surface area contributed by atoms with E-state index in [4.69, 9.17) is 14.2 Å². The molecule has 0 radical (unpaired) electrons. The molecular formula is C69H106O6. The Kier molecular flexibility index (Phi) is 57.0. The highest BCUT2D eigenvalue weighted by molar-refractivity contribution is 5.71. The molecule has 0 aliphatic carbocycles. The van der Waals surface area contributed by atoms with Crippen LogP contribution in [-0.4, -0.2) is 37.2 Å². The third kappa shape index (κ3) is 59.5. The number of carbonyl (C=O) groups is 3. The number of hydrogen-bond donors (Lipinski definition) is 0. The van der Waals surface area contributed by atoms with Crippen molar-refractivity contribution in [1.82, 2.24) is 0 Å². The van der Waals surface area contributed by atoms with E-state index in [-0.39, 0.29) is 31.6 Å². The first-order chi connectivity index (χ1) is 37.0. The van der Waals surface area contributed by atoms with E-state index >= 15 is 0 Å². The number of allylic oxidation sites excluding steroid dienone is 28. The predicted molar refractivity (Wildman–Crippen MR) is 325 cm³/mol. The summed E-state index contributed by atoms with van der Waals surface area (Å²) in [6, 6.07) is 0. The van der Waals surface area contributed by atoms with Crippen LogP contribution in [0, 0.1) is 0 Å². The van der Waals surface area contributed by atoms with Crippen molar-refractivity contribution in [2.45, 2.75) is 232 Å². The van der Waals surface area contributed by atoms with Gasteiger partial charge in [0.05, 0.1) is 0 Å². The third-order valence-electron chi connectivity index (χ3n) is 11.7. The van der Waals surface area contributed by atoms with E-state index < -0.39 is 12.1 Å². The molecule has 0 aliphatic heterocycles. The lowest BCUT2D eigenvalue weighted by Crippen LogP contribution is -2.30. The van der Waals surface area contributed by atoms with Gasteiger partial charge in [0.1, 0.15) is 13.2 Å². The van der Waals surface area contributed by atoms with Gasteiger partial charge in [-0.25, -0.2) is 0 Å². The summed E-state index contributed by atoms with van der Waals surface area (Å²) in [6.45, 7) is 6.27. The third-order valence-corrected chi connectivity index (χ3v) is 11.7. The first kappa shape index (κ1) is 69.8. The topological polar surface area (TPSA) is 78.9 Å². The first-order valence-corrected chi connectivity index (χ1v) is 29.6. The van der Waals surface area contributed by atoms with Crippen molar-refractivity contribution in [3.05, 3.63) is 170 Å². The maximum Gasteiger partial charge on any atom is 0.306 e. The summed E-state index contributed by atoms with van der Waals surface area (Å²) in [5, 5.41) is 0. The van der Waals surface area contributed by atoms with Gasteiger partial charge in [0.2, 0.25) is 0 Å². The fourth-order valence-corrected chi connectivity index (χ4v) is 7.36. The highest BCUT2D eigenvalue weighted by Gasteiger charge is 2.19. The summed E-state index contributed by atoms with van der Waals surface area (Å²) in [5.74, 6) is -1.04. The van der Waals surface area contributed by atoms with Crippen LogP contribution in [0.3, 0.4) is 0 Å². The lowest BCUT2D eigenvalue weighted by molar-refractivity contribution is -0.166. The molecule has 1 atom stereocenters. The number of ether oxygens (including phenoxy) is 3. The van der Waals surface area contributed by atoms with Crippen molar-refractivity contribution in [3.8, 4) is 0 Å². The average molecular weight is 1030 g/mol. The van der Waals surface area contributed by atoms with Crippen molar-refractivity contribution < 1.29 is 28.6 Å². The van der Waals surface area contributed by atoms with Gasteiger partial charge in [-0.15, -0.1) is 0 Å². The second-order valence-electron chi connectivity index (χ2n) is 18.8. The minimum Gasteiger partial charge on any atom is -0.462 e. The number of rotatable bonds is 51. The van der Waals surface area contributed by atoms with E-state index in [9.17, 15) is 14.4 Å². The van der Waals surface area contributed by atoms with Crippen molar-refractivity contribution in [2.24, 2.45) is 0 Å². The maximum absolute atomic E-state index is 12.8. The van der Waals surface area contributed by atoms with Gasteiger partial charge in [-0.05, 0) is 122 Å². The van der Waals surface area contributed by atoms with Crippen LogP contribution in [0.5, 0.6) is 0 Å². The fraction of sp³-hybridized carbons (Fsp3) is 0.551. The molecule has 0 spiro atoms. The zero-order valence-electron chi connectivity index (χ0n) is 47.7. The van der Waals surface area contributed by atoms with Crippen molar-refractivity contribution >= 4 is 17.9 Å². The molecular weight excluding hydrogens is 925 g/mol. The fourth-order valence-electron chi connectivity index (χ4n) is 7.36. The normalized spacial score (nSPS) is 13.4. The van der Waals surface area contributed by atoms with Crippen molar-refractivity contribution in [3.63, 3.8) is 0 Å². The molecule has 0 bridgehead atoms. The summed E-state index contributed by atoms with van der Waals surface area (Å²) in [7, 11) is 0. The summed E-state index contributed by atoms with van der Waals surface area (Å²) in [4.78, 5) is 37.9. The Hall–Kier alpha value is -5.23. The monoisotopic (exact) mass is 1030 g/mol. The minimum absolute atomic E-state index is 0.120. The summed E-state index contributed by atoms with van der Waals surface area (Å²) >= 11 is 0. The van der Waals surface area contributed by atoms with Crippen LogP contribution in [0.25, 0.3) is 0 Å². The van der Waals surface area contributed by atoms with E-state index in [0.717, 1.165) is 141 Å². The zero-order chi connectivity index (χ0) is 54.3. The van der Waals surface area contributed by atoms with Gasteiger partial charge >= 0.3 is 17.9 Å². The molecule has 0 aromatic heterocycles.